The quantitative estimate of drug-likeness (QED) is 0.260. The molecule has 0 aliphatic heterocycles. The van der Waals surface area contributed by atoms with E-state index in [1.54, 1.807) is 12.1 Å². The number of carbonyl (C=O) groups excluding carboxylic acids is 1. The van der Waals surface area contributed by atoms with Crippen molar-refractivity contribution in [2.75, 3.05) is 19.5 Å². The molecule has 6 nitrogen and oxygen atoms in total. The van der Waals surface area contributed by atoms with Crippen LogP contribution in [-0.4, -0.2) is 26.1 Å². The second-order valence-electron chi connectivity index (χ2n) is 6.01. The lowest BCUT2D eigenvalue weighted by atomic mass is 10.0. The summed E-state index contributed by atoms with van der Waals surface area (Å²) in [5.41, 5.74) is 10.7. The Bertz CT molecular complexity index is 815. The maximum absolute atomic E-state index is 11.9. The van der Waals surface area contributed by atoms with E-state index in [0.717, 1.165) is 24.1 Å². The number of hydrogen-bond acceptors (Lipinski definition) is 4. The van der Waals surface area contributed by atoms with Crippen molar-refractivity contribution in [1.82, 2.24) is 0 Å². The van der Waals surface area contributed by atoms with Gasteiger partial charge in [-0.1, -0.05) is 38.1 Å². The number of hydrogen-bond donors (Lipinski definition) is 2. The first-order valence-corrected chi connectivity index (χ1v) is 8.96. The van der Waals surface area contributed by atoms with E-state index in [0.29, 0.717) is 23.8 Å². The number of nitrogens with one attached hydrogen (secondary N) is 1. The van der Waals surface area contributed by atoms with Crippen molar-refractivity contribution in [2.45, 2.75) is 33.2 Å². The summed E-state index contributed by atoms with van der Waals surface area (Å²) in [4.78, 5) is 16.3. The van der Waals surface area contributed by atoms with Crippen LogP contribution < -0.4 is 15.8 Å². The Kier molecular flexibility index (Phi) is 9.78. The first-order valence-electron chi connectivity index (χ1n) is 8.96. The fourth-order valence-corrected chi connectivity index (χ4v) is 2.87. The van der Waals surface area contributed by atoms with Gasteiger partial charge in [0.15, 0.2) is 5.96 Å². The summed E-state index contributed by atoms with van der Waals surface area (Å²) in [5.74, 6) is 0.347. The molecule has 0 spiro atoms. The summed E-state index contributed by atoms with van der Waals surface area (Å²) in [6.45, 7) is 4.56. The number of guanidine groups is 1. The largest absolute Gasteiger partial charge is 0.496 e. The number of methoxy groups -OCH3 is 2. The van der Waals surface area contributed by atoms with Crippen LogP contribution >= 0.6 is 24.0 Å². The fraction of sp³-hybridized carbons (Fsp3) is 0.333. The Morgan fingerprint density at radius 1 is 1.11 bits per heavy atom. The predicted octanol–water partition coefficient (Wildman–Crippen LogP) is 4.15. The van der Waals surface area contributed by atoms with Gasteiger partial charge in [0.05, 0.1) is 20.8 Å². The minimum absolute atomic E-state index is 0. The van der Waals surface area contributed by atoms with Crippen molar-refractivity contribution in [1.29, 1.82) is 0 Å². The molecule has 2 aromatic carbocycles. The minimum Gasteiger partial charge on any atom is -0.496 e. The molecule has 0 aromatic heterocycles. The molecule has 152 valence electrons. The number of para-hydroxylation sites is 1. The van der Waals surface area contributed by atoms with Gasteiger partial charge in [0.25, 0.3) is 0 Å². The molecule has 0 amide bonds. The van der Waals surface area contributed by atoms with Crippen LogP contribution in [0.1, 0.15) is 40.9 Å². The molecule has 0 saturated carbocycles. The third kappa shape index (κ3) is 5.85. The number of carbonyl (C=O) groups is 1. The average Bonchev–Trinajstić information content (AvgIpc) is 2.71. The Balaban J connectivity index is 0.00000392. The second-order valence-corrected chi connectivity index (χ2v) is 6.01. The third-order valence-corrected chi connectivity index (χ3v) is 4.35. The van der Waals surface area contributed by atoms with Gasteiger partial charge in [-0.05, 0) is 41.7 Å². The minimum atomic E-state index is -0.451. The van der Waals surface area contributed by atoms with Crippen LogP contribution in [-0.2, 0) is 24.1 Å². The van der Waals surface area contributed by atoms with Crippen molar-refractivity contribution in [3.63, 3.8) is 0 Å². The zero-order valence-corrected chi connectivity index (χ0v) is 19.1. The lowest BCUT2D eigenvalue weighted by Crippen LogP contribution is -2.24. The molecule has 7 heteroatoms. The number of rotatable bonds is 7. The molecule has 28 heavy (non-hydrogen) atoms. The molecule has 0 aliphatic rings. The van der Waals surface area contributed by atoms with Gasteiger partial charge in [-0.25, -0.2) is 9.79 Å². The summed E-state index contributed by atoms with van der Waals surface area (Å²) in [6.07, 6.45) is 1.81. The van der Waals surface area contributed by atoms with Crippen LogP contribution in [0.2, 0.25) is 0 Å². The molecule has 0 saturated heterocycles. The van der Waals surface area contributed by atoms with E-state index < -0.39 is 5.97 Å². The molecule has 3 N–H and O–H groups in total. The van der Waals surface area contributed by atoms with Crippen molar-refractivity contribution >= 4 is 41.6 Å². The topological polar surface area (TPSA) is 85.9 Å². The number of anilines is 1. The van der Waals surface area contributed by atoms with Crippen molar-refractivity contribution in [2.24, 2.45) is 10.7 Å². The Hall–Kier alpha value is -2.29. The van der Waals surface area contributed by atoms with E-state index in [2.05, 4.69) is 42.4 Å². The Labute approximate surface area is 183 Å². The van der Waals surface area contributed by atoms with Gasteiger partial charge in [-0.2, -0.15) is 0 Å². The van der Waals surface area contributed by atoms with E-state index in [1.807, 2.05) is 6.07 Å². The molecule has 2 rings (SSSR count). The van der Waals surface area contributed by atoms with Crippen LogP contribution in [0.5, 0.6) is 5.75 Å². The lowest BCUT2D eigenvalue weighted by molar-refractivity contribution is 0.0597. The maximum atomic E-state index is 11.9. The fourth-order valence-electron chi connectivity index (χ4n) is 2.87. The molecule has 0 atom stereocenters. The SMILES string of the molecule is CCc1cccc(CC)c1NC(N)=NCc1ccc(OC)c(C(=O)OC)c1.I. The average molecular weight is 497 g/mol. The highest BCUT2D eigenvalue weighted by Gasteiger charge is 2.13. The molecule has 0 aliphatic carbocycles. The smallest absolute Gasteiger partial charge is 0.341 e. The van der Waals surface area contributed by atoms with E-state index in [1.165, 1.54) is 25.3 Å². The summed E-state index contributed by atoms with van der Waals surface area (Å²) < 4.78 is 10.0. The number of benzene rings is 2. The van der Waals surface area contributed by atoms with Gasteiger partial charge >= 0.3 is 5.97 Å². The monoisotopic (exact) mass is 497 g/mol. The first kappa shape index (κ1) is 23.7. The van der Waals surface area contributed by atoms with Crippen molar-refractivity contribution in [3.05, 3.63) is 58.7 Å². The van der Waals surface area contributed by atoms with Gasteiger partial charge in [-0.3, -0.25) is 0 Å². The molecular weight excluding hydrogens is 469 g/mol. The predicted molar refractivity (Wildman–Crippen MR) is 124 cm³/mol. The molecular formula is C21H28IN3O3. The number of nitrogens with zero attached hydrogens (tertiary/aromatic N) is 1. The van der Waals surface area contributed by atoms with Crippen LogP contribution in [0.3, 0.4) is 0 Å². The van der Waals surface area contributed by atoms with Crippen molar-refractivity contribution < 1.29 is 14.3 Å². The zero-order chi connectivity index (χ0) is 19.8. The summed E-state index contributed by atoms with van der Waals surface area (Å²) >= 11 is 0. The van der Waals surface area contributed by atoms with Gasteiger partial charge in [0.1, 0.15) is 11.3 Å². The lowest BCUT2D eigenvalue weighted by Gasteiger charge is -2.15. The van der Waals surface area contributed by atoms with Crippen LogP contribution in [0.25, 0.3) is 0 Å². The molecule has 0 radical (unpaired) electrons. The molecule has 0 heterocycles. The van der Waals surface area contributed by atoms with Gasteiger partial charge in [0.2, 0.25) is 0 Å². The van der Waals surface area contributed by atoms with Crippen molar-refractivity contribution in [3.8, 4) is 5.75 Å². The number of esters is 1. The second kappa shape index (κ2) is 11.5. The highest BCUT2D eigenvalue weighted by Crippen LogP contribution is 2.23. The number of nitrogens with two attached hydrogens (primary N) is 1. The highest BCUT2D eigenvalue weighted by molar-refractivity contribution is 14.0. The van der Waals surface area contributed by atoms with Crippen LogP contribution in [0.15, 0.2) is 41.4 Å². The zero-order valence-electron chi connectivity index (χ0n) is 16.7. The molecule has 0 bridgehead atoms. The van der Waals surface area contributed by atoms with Crippen LogP contribution in [0, 0.1) is 0 Å². The summed E-state index contributed by atoms with van der Waals surface area (Å²) in [6, 6.07) is 11.5. The standard InChI is InChI=1S/C21H27N3O3.HI/c1-5-15-8-7-9-16(6-2)19(15)24-21(22)23-13-14-10-11-18(26-3)17(12-14)20(25)27-4;/h7-12H,5-6,13H2,1-4H3,(H3,22,23,24);1H. The van der Waals surface area contributed by atoms with E-state index in [9.17, 15) is 4.79 Å². The summed E-state index contributed by atoms with van der Waals surface area (Å²) in [7, 11) is 2.85. The van der Waals surface area contributed by atoms with Gasteiger partial charge in [0, 0.05) is 5.69 Å². The normalized spacial score (nSPS) is 10.8. The Morgan fingerprint density at radius 2 is 1.75 bits per heavy atom. The maximum Gasteiger partial charge on any atom is 0.341 e. The number of ether oxygens (including phenoxy) is 2. The molecule has 0 fully saturated rings. The van der Waals surface area contributed by atoms with E-state index in [-0.39, 0.29) is 24.0 Å². The number of aliphatic imine (C=N–C) groups is 1. The highest BCUT2D eigenvalue weighted by atomic mass is 127. The molecule has 2 aromatic rings. The third-order valence-electron chi connectivity index (χ3n) is 4.35. The van der Waals surface area contributed by atoms with E-state index >= 15 is 0 Å². The first-order chi connectivity index (χ1) is 13.0. The molecule has 0 unspecified atom stereocenters. The Morgan fingerprint density at radius 3 is 2.29 bits per heavy atom. The van der Waals surface area contributed by atoms with E-state index in [4.69, 9.17) is 15.2 Å². The van der Waals surface area contributed by atoms with Gasteiger partial charge < -0.3 is 20.5 Å². The summed E-state index contributed by atoms with van der Waals surface area (Å²) in [5, 5.41) is 3.23. The number of aryl methyl sites for hydroxylation is 2. The van der Waals surface area contributed by atoms with Crippen LogP contribution in [0.4, 0.5) is 5.69 Å². The number of halogens is 1. The van der Waals surface area contributed by atoms with Gasteiger partial charge in [-0.15, -0.1) is 24.0 Å².